The molecule has 0 radical (unpaired) electrons. The van der Waals surface area contributed by atoms with E-state index in [1.54, 1.807) is 11.8 Å². The van der Waals surface area contributed by atoms with E-state index in [0.717, 1.165) is 17.3 Å². The van der Waals surface area contributed by atoms with E-state index < -0.39 is 0 Å². The summed E-state index contributed by atoms with van der Waals surface area (Å²) in [5, 5.41) is 7.95. The summed E-state index contributed by atoms with van der Waals surface area (Å²) < 4.78 is 0. The number of fused-ring (bicyclic) bond motifs is 3. The fourth-order valence-electron chi connectivity index (χ4n) is 4.26. The lowest BCUT2D eigenvalue weighted by Gasteiger charge is -2.36. The number of hydrazine groups is 1. The van der Waals surface area contributed by atoms with Crippen molar-refractivity contribution in [1.29, 1.82) is 0 Å². The maximum absolute atomic E-state index is 4.66. The molecule has 0 saturated carbocycles. The number of hydrazone groups is 1. The van der Waals surface area contributed by atoms with Crippen LogP contribution in [0.1, 0.15) is 40.3 Å². The first kappa shape index (κ1) is 18.6. The van der Waals surface area contributed by atoms with E-state index in [-0.39, 0.29) is 6.17 Å². The summed E-state index contributed by atoms with van der Waals surface area (Å²) in [7, 11) is 0. The van der Waals surface area contributed by atoms with Crippen molar-refractivity contribution in [3.05, 3.63) is 82.7 Å². The molecule has 2 aromatic rings. The first-order chi connectivity index (χ1) is 14.1. The van der Waals surface area contributed by atoms with Crippen molar-refractivity contribution in [1.82, 2.24) is 20.8 Å². The molecule has 0 spiro atoms. The quantitative estimate of drug-likeness (QED) is 0.803. The smallest absolute Gasteiger partial charge is 0.189 e. The van der Waals surface area contributed by atoms with Gasteiger partial charge in [0.05, 0.1) is 12.1 Å². The predicted molar refractivity (Wildman–Crippen MR) is 120 cm³/mol. The van der Waals surface area contributed by atoms with Crippen LogP contribution in [0.2, 0.25) is 0 Å². The number of aryl methyl sites for hydroxylation is 3. The molecule has 0 amide bonds. The SMILES string of the molecule is Cc1ccc(C2CC3C4NN=C(SCc5ccccc5C)N4C=CN3N2)cc1C. The van der Waals surface area contributed by atoms with Gasteiger partial charge in [0.1, 0.15) is 6.17 Å². The number of nitrogens with zero attached hydrogens (tertiary/aromatic N) is 3. The Balaban J connectivity index is 1.27. The zero-order valence-corrected chi connectivity index (χ0v) is 17.9. The second kappa shape index (κ2) is 7.43. The lowest BCUT2D eigenvalue weighted by atomic mass is 9.97. The van der Waals surface area contributed by atoms with Gasteiger partial charge in [-0.05, 0) is 55.0 Å². The minimum atomic E-state index is 0.170. The number of nitrogens with one attached hydrogen (secondary N) is 2. The Morgan fingerprint density at radius 3 is 2.72 bits per heavy atom. The lowest BCUT2D eigenvalue weighted by Crippen LogP contribution is -2.54. The lowest BCUT2D eigenvalue weighted by molar-refractivity contribution is 0.152. The number of amidine groups is 1. The van der Waals surface area contributed by atoms with E-state index in [2.05, 4.69) is 101 Å². The fourth-order valence-corrected chi connectivity index (χ4v) is 5.31. The van der Waals surface area contributed by atoms with E-state index >= 15 is 0 Å². The van der Waals surface area contributed by atoms with Gasteiger partial charge in [-0.3, -0.25) is 5.43 Å². The molecule has 5 rings (SSSR count). The number of rotatable bonds is 3. The van der Waals surface area contributed by atoms with Crippen LogP contribution < -0.4 is 10.9 Å². The van der Waals surface area contributed by atoms with Gasteiger partial charge in [-0.25, -0.2) is 5.43 Å². The maximum Gasteiger partial charge on any atom is 0.189 e. The Morgan fingerprint density at radius 1 is 1.03 bits per heavy atom. The minimum Gasteiger partial charge on any atom is -0.306 e. The van der Waals surface area contributed by atoms with E-state index in [4.69, 9.17) is 0 Å². The number of thioether (sulfide) groups is 1. The molecule has 1 saturated heterocycles. The largest absolute Gasteiger partial charge is 0.306 e. The van der Waals surface area contributed by atoms with Crippen molar-refractivity contribution >= 4 is 16.9 Å². The van der Waals surface area contributed by atoms with Crippen LogP contribution in [0.3, 0.4) is 0 Å². The Kier molecular flexibility index (Phi) is 4.76. The molecule has 3 aliphatic heterocycles. The Morgan fingerprint density at radius 2 is 1.90 bits per heavy atom. The van der Waals surface area contributed by atoms with Gasteiger partial charge in [-0.1, -0.05) is 54.2 Å². The molecule has 29 heavy (non-hydrogen) atoms. The molecular weight excluding hydrogens is 378 g/mol. The van der Waals surface area contributed by atoms with Crippen LogP contribution in [0, 0.1) is 20.8 Å². The highest BCUT2D eigenvalue weighted by molar-refractivity contribution is 8.13. The van der Waals surface area contributed by atoms with Crippen LogP contribution in [-0.4, -0.2) is 27.3 Å². The molecule has 0 aromatic heterocycles. The van der Waals surface area contributed by atoms with Gasteiger partial charge in [0.2, 0.25) is 0 Å². The molecule has 3 atom stereocenters. The molecule has 0 aliphatic carbocycles. The van der Waals surface area contributed by atoms with Crippen molar-refractivity contribution in [3.8, 4) is 0 Å². The highest BCUT2D eigenvalue weighted by Gasteiger charge is 2.44. The normalized spacial score (nSPS) is 24.9. The Hall–Kier alpha value is -2.44. The van der Waals surface area contributed by atoms with Crippen LogP contribution in [0.4, 0.5) is 0 Å². The third-order valence-electron chi connectivity index (χ3n) is 6.26. The number of benzene rings is 2. The molecule has 1 fully saturated rings. The minimum absolute atomic E-state index is 0.170. The van der Waals surface area contributed by atoms with Crippen LogP contribution >= 0.6 is 11.8 Å². The third kappa shape index (κ3) is 3.40. The van der Waals surface area contributed by atoms with Crippen molar-refractivity contribution in [3.63, 3.8) is 0 Å². The van der Waals surface area contributed by atoms with Crippen molar-refractivity contribution in [2.24, 2.45) is 5.10 Å². The molecule has 6 heteroatoms. The maximum atomic E-state index is 4.66. The van der Waals surface area contributed by atoms with E-state index in [1.165, 1.54) is 27.8 Å². The van der Waals surface area contributed by atoms with Crippen LogP contribution in [0.15, 0.2) is 60.0 Å². The van der Waals surface area contributed by atoms with Gasteiger partial charge in [-0.2, -0.15) is 5.10 Å². The summed E-state index contributed by atoms with van der Waals surface area (Å²) in [5.41, 5.74) is 13.8. The predicted octanol–water partition coefficient (Wildman–Crippen LogP) is 4.15. The Bertz CT molecular complexity index is 985. The summed E-state index contributed by atoms with van der Waals surface area (Å²) >= 11 is 1.80. The number of hydrogen-bond donors (Lipinski definition) is 2. The zero-order valence-electron chi connectivity index (χ0n) is 17.1. The monoisotopic (exact) mass is 405 g/mol. The molecule has 0 bridgehead atoms. The molecule has 2 N–H and O–H groups in total. The van der Waals surface area contributed by atoms with E-state index in [0.29, 0.717) is 12.1 Å². The summed E-state index contributed by atoms with van der Waals surface area (Å²) in [6.07, 6.45) is 5.51. The first-order valence-corrected chi connectivity index (χ1v) is 11.2. The fraction of sp³-hybridized carbons (Fsp3) is 0.348. The van der Waals surface area contributed by atoms with Gasteiger partial charge >= 0.3 is 0 Å². The standard InChI is InChI=1S/C23H27N5S/c1-15-8-9-18(12-17(15)3)20-13-21-22-24-25-23(27(22)10-11-28(21)26-20)29-14-19-7-5-4-6-16(19)2/h4-12,20-22,24,26H,13-14H2,1-3H3. The van der Waals surface area contributed by atoms with Crippen LogP contribution in [-0.2, 0) is 5.75 Å². The van der Waals surface area contributed by atoms with Gasteiger partial charge in [0, 0.05) is 18.2 Å². The summed E-state index contributed by atoms with van der Waals surface area (Å²) in [4.78, 5) is 2.29. The summed E-state index contributed by atoms with van der Waals surface area (Å²) in [6.45, 7) is 6.53. The van der Waals surface area contributed by atoms with Gasteiger partial charge in [0.15, 0.2) is 5.17 Å². The second-order valence-electron chi connectivity index (χ2n) is 8.12. The highest BCUT2D eigenvalue weighted by Crippen LogP contribution is 2.36. The van der Waals surface area contributed by atoms with E-state index in [1.807, 2.05) is 0 Å². The first-order valence-electron chi connectivity index (χ1n) is 10.2. The molecule has 3 aliphatic rings. The zero-order chi connectivity index (χ0) is 20.0. The summed E-state index contributed by atoms with van der Waals surface area (Å²) in [5.74, 6) is 0.933. The van der Waals surface area contributed by atoms with Gasteiger partial charge in [-0.15, -0.1) is 0 Å². The van der Waals surface area contributed by atoms with Crippen molar-refractivity contribution < 1.29 is 0 Å². The number of hydrogen-bond acceptors (Lipinski definition) is 6. The molecule has 3 heterocycles. The molecule has 150 valence electrons. The topological polar surface area (TPSA) is 42.9 Å². The van der Waals surface area contributed by atoms with Crippen LogP contribution in [0.5, 0.6) is 0 Å². The average molecular weight is 406 g/mol. The van der Waals surface area contributed by atoms with Crippen LogP contribution in [0.25, 0.3) is 0 Å². The second-order valence-corrected chi connectivity index (χ2v) is 9.07. The van der Waals surface area contributed by atoms with Crippen molar-refractivity contribution in [2.45, 2.75) is 51.2 Å². The summed E-state index contributed by atoms with van der Waals surface area (Å²) in [6, 6.07) is 16.0. The third-order valence-corrected chi connectivity index (χ3v) is 7.27. The molecule has 5 nitrogen and oxygen atoms in total. The van der Waals surface area contributed by atoms with Crippen molar-refractivity contribution in [2.75, 3.05) is 0 Å². The Labute approximate surface area is 176 Å². The van der Waals surface area contributed by atoms with E-state index in [9.17, 15) is 0 Å². The van der Waals surface area contributed by atoms with Gasteiger partial charge in [0.25, 0.3) is 0 Å². The molecule has 3 unspecified atom stereocenters. The molecule has 2 aromatic carbocycles. The van der Waals surface area contributed by atoms with Gasteiger partial charge < -0.3 is 9.91 Å². The molecular formula is C23H27N5S. The average Bonchev–Trinajstić information content (AvgIpc) is 3.33. The highest BCUT2D eigenvalue weighted by atomic mass is 32.2.